The average molecular weight is 222 g/mol. The Morgan fingerprint density at radius 1 is 1.19 bits per heavy atom. The van der Waals surface area contributed by atoms with Gasteiger partial charge in [-0.3, -0.25) is 0 Å². The Bertz CT molecular complexity index is 326. The number of rotatable bonds is 6. The lowest BCUT2D eigenvalue weighted by Gasteiger charge is -2.12. The molecule has 0 aromatic carbocycles. The summed E-state index contributed by atoms with van der Waals surface area (Å²) >= 11 is 0. The van der Waals surface area contributed by atoms with E-state index in [4.69, 9.17) is 0 Å². The highest BCUT2D eigenvalue weighted by atomic mass is 16.3. The molecule has 0 aliphatic heterocycles. The molecular formula is C13H22N2O. The molecule has 0 fully saturated rings. The number of nitrogens with zero attached hydrogens (tertiary/aromatic N) is 2. The maximum atomic E-state index is 10.1. The average Bonchev–Trinajstić information content (AvgIpc) is 2.27. The van der Waals surface area contributed by atoms with Gasteiger partial charge in [-0.1, -0.05) is 32.6 Å². The second-order valence-corrected chi connectivity index (χ2v) is 4.39. The third kappa shape index (κ3) is 3.89. The van der Waals surface area contributed by atoms with E-state index in [1.54, 1.807) is 0 Å². The second kappa shape index (κ2) is 6.59. The topological polar surface area (TPSA) is 46.0 Å². The second-order valence-electron chi connectivity index (χ2n) is 4.39. The van der Waals surface area contributed by atoms with Gasteiger partial charge in [0, 0.05) is 5.56 Å². The van der Waals surface area contributed by atoms with E-state index in [9.17, 15) is 5.11 Å². The summed E-state index contributed by atoms with van der Waals surface area (Å²) in [7, 11) is 0. The Balaban J connectivity index is 2.51. The molecular weight excluding hydrogens is 200 g/mol. The fourth-order valence-corrected chi connectivity index (χ4v) is 1.83. The molecule has 1 rings (SSSR count). The first-order chi connectivity index (χ1) is 7.65. The standard InChI is InChI=1S/C13H22N2O/c1-4-5-6-7-8-13(16)12-9-10(2)14-15-11(12)3/h9,13,16H,4-8H2,1-3H3. The van der Waals surface area contributed by atoms with Crippen molar-refractivity contribution in [3.8, 4) is 0 Å². The van der Waals surface area contributed by atoms with Crippen LogP contribution in [0.4, 0.5) is 0 Å². The van der Waals surface area contributed by atoms with Crippen molar-refractivity contribution >= 4 is 0 Å². The lowest BCUT2D eigenvalue weighted by atomic mass is 10.0. The van der Waals surface area contributed by atoms with Gasteiger partial charge in [0.2, 0.25) is 0 Å². The van der Waals surface area contributed by atoms with E-state index in [1.807, 2.05) is 19.9 Å². The van der Waals surface area contributed by atoms with E-state index in [1.165, 1.54) is 19.3 Å². The van der Waals surface area contributed by atoms with Crippen molar-refractivity contribution in [3.05, 3.63) is 23.0 Å². The van der Waals surface area contributed by atoms with Gasteiger partial charge in [0.25, 0.3) is 0 Å². The van der Waals surface area contributed by atoms with E-state index in [0.717, 1.165) is 29.8 Å². The predicted octanol–water partition coefficient (Wildman–Crippen LogP) is 3.10. The Labute approximate surface area is 97.9 Å². The number of unbranched alkanes of at least 4 members (excludes halogenated alkanes) is 3. The number of aliphatic hydroxyl groups is 1. The summed E-state index contributed by atoms with van der Waals surface area (Å²) in [6.45, 7) is 5.99. The molecule has 1 aromatic heterocycles. The molecule has 0 amide bonds. The van der Waals surface area contributed by atoms with Crippen molar-refractivity contribution < 1.29 is 5.11 Å². The van der Waals surface area contributed by atoms with Crippen molar-refractivity contribution in [1.29, 1.82) is 0 Å². The number of hydrogen-bond donors (Lipinski definition) is 1. The van der Waals surface area contributed by atoms with Gasteiger partial charge in [-0.2, -0.15) is 10.2 Å². The van der Waals surface area contributed by atoms with Crippen molar-refractivity contribution in [1.82, 2.24) is 10.2 Å². The molecule has 0 saturated heterocycles. The highest BCUT2D eigenvalue weighted by Crippen LogP contribution is 2.22. The fraction of sp³-hybridized carbons (Fsp3) is 0.692. The monoisotopic (exact) mass is 222 g/mol. The lowest BCUT2D eigenvalue weighted by Crippen LogP contribution is -2.04. The minimum Gasteiger partial charge on any atom is -0.388 e. The van der Waals surface area contributed by atoms with Gasteiger partial charge in [0.1, 0.15) is 0 Å². The van der Waals surface area contributed by atoms with Crippen molar-refractivity contribution in [3.63, 3.8) is 0 Å². The molecule has 0 radical (unpaired) electrons. The summed E-state index contributed by atoms with van der Waals surface area (Å²) in [6, 6.07) is 1.94. The van der Waals surface area contributed by atoms with Gasteiger partial charge in [0.15, 0.2) is 0 Å². The quantitative estimate of drug-likeness (QED) is 0.752. The maximum absolute atomic E-state index is 10.1. The normalized spacial score (nSPS) is 12.8. The van der Waals surface area contributed by atoms with E-state index < -0.39 is 0 Å². The third-order valence-electron chi connectivity index (χ3n) is 2.83. The van der Waals surface area contributed by atoms with Crippen LogP contribution in [0.5, 0.6) is 0 Å². The van der Waals surface area contributed by atoms with Crippen LogP contribution in [-0.2, 0) is 0 Å². The number of aryl methyl sites for hydroxylation is 2. The first-order valence-corrected chi connectivity index (χ1v) is 6.14. The van der Waals surface area contributed by atoms with Crippen LogP contribution >= 0.6 is 0 Å². The van der Waals surface area contributed by atoms with Crippen LogP contribution < -0.4 is 0 Å². The van der Waals surface area contributed by atoms with Crippen LogP contribution in [0.2, 0.25) is 0 Å². The molecule has 1 heterocycles. The molecule has 16 heavy (non-hydrogen) atoms. The van der Waals surface area contributed by atoms with Gasteiger partial charge in [-0.25, -0.2) is 0 Å². The number of aliphatic hydroxyl groups excluding tert-OH is 1. The van der Waals surface area contributed by atoms with E-state index in [2.05, 4.69) is 17.1 Å². The van der Waals surface area contributed by atoms with Crippen molar-refractivity contribution in [2.24, 2.45) is 0 Å². The molecule has 0 bridgehead atoms. The first kappa shape index (κ1) is 13.1. The maximum Gasteiger partial charge on any atom is 0.0808 e. The zero-order chi connectivity index (χ0) is 12.0. The Kier molecular flexibility index (Phi) is 5.39. The van der Waals surface area contributed by atoms with Crippen molar-refractivity contribution in [2.75, 3.05) is 0 Å². The smallest absolute Gasteiger partial charge is 0.0808 e. The van der Waals surface area contributed by atoms with Crippen LogP contribution in [0.3, 0.4) is 0 Å². The largest absolute Gasteiger partial charge is 0.388 e. The lowest BCUT2D eigenvalue weighted by molar-refractivity contribution is 0.162. The molecule has 0 aliphatic rings. The Hall–Kier alpha value is -0.960. The minimum absolute atomic E-state index is 0.383. The van der Waals surface area contributed by atoms with Crippen LogP contribution in [-0.4, -0.2) is 15.3 Å². The summed E-state index contributed by atoms with van der Waals surface area (Å²) in [5.74, 6) is 0. The Morgan fingerprint density at radius 2 is 1.94 bits per heavy atom. The highest BCUT2D eigenvalue weighted by molar-refractivity contribution is 5.22. The summed E-state index contributed by atoms with van der Waals surface area (Å²) < 4.78 is 0. The van der Waals surface area contributed by atoms with E-state index in [0.29, 0.717) is 0 Å². The third-order valence-corrected chi connectivity index (χ3v) is 2.83. The van der Waals surface area contributed by atoms with Crippen LogP contribution in [0.1, 0.15) is 62.1 Å². The SMILES string of the molecule is CCCCCCC(O)c1cc(C)nnc1C. The van der Waals surface area contributed by atoms with Crippen LogP contribution in [0, 0.1) is 13.8 Å². The zero-order valence-corrected chi connectivity index (χ0v) is 10.5. The summed E-state index contributed by atoms with van der Waals surface area (Å²) in [4.78, 5) is 0. The van der Waals surface area contributed by atoms with Gasteiger partial charge < -0.3 is 5.11 Å². The minimum atomic E-state index is -0.383. The molecule has 3 nitrogen and oxygen atoms in total. The molecule has 1 aromatic rings. The van der Waals surface area contributed by atoms with Crippen LogP contribution in [0.15, 0.2) is 6.07 Å². The van der Waals surface area contributed by atoms with Crippen molar-refractivity contribution in [2.45, 2.75) is 59.0 Å². The Morgan fingerprint density at radius 3 is 2.62 bits per heavy atom. The molecule has 1 unspecified atom stereocenters. The highest BCUT2D eigenvalue weighted by Gasteiger charge is 2.11. The predicted molar refractivity (Wildman–Crippen MR) is 65.2 cm³/mol. The molecule has 0 saturated carbocycles. The molecule has 1 atom stereocenters. The molecule has 90 valence electrons. The summed E-state index contributed by atoms with van der Waals surface area (Å²) in [6.07, 6.45) is 5.20. The van der Waals surface area contributed by atoms with Crippen LogP contribution in [0.25, 0.3) is 0 Å². The molecule has 0 spiro atoms. The molecule has 1 N–H and O–H groups in total. The summed E-state index contributed by atoms with van der Waals surface area (Å²) in [5.41, 5.74) is 2.64. The zero-order valence-electron chi connectivity index (χ0n) is 10.5. The molecule has 3 heteroatoms. The van der Waals surface area contributed by atoms with Gasteiger partial charge in [-0.15, -0.1) is 0 Å². The van der Waals surface area contributed by atoms with Gasteiger partial charge >= 0.3 is 0 Å². The van der Waals surface area contributed by atoms with Gasteiger partial charge in [-0.05, 0) is 26.3 Å². The first-order valence-electron chi connectivity index (χ1n) is 6.14. The summed E-state index contributed by atoms with van der Waals surface area (Å²) in [5, 5.41) is 18.1. The molecule has 0 aliphatic carbocycles. The van der Waals surface area contributed by atoms with Gasteiger partial charge in [0.05, 0.1) is 17.5 Å². The fourth-order valence-electron chi connectivity index (χ4n) is 1.83. The number of hydrogen-bond acceptors (Lipinski definition) is 3. The van der Waals surface area contributed by atoms with E-state index >= 15 is 0 Å². The van der Waals surface area contributed by atoms with E-state index in [-0.39, 0.29) is 6.10 Å². The number of aromatic nitrogens is 2.